The van der Waals surface area contributed by atoms with Gasteiger partial charge in [-0.3, -0.25) is 0 Å². The number of rotatable bonds is 4. The Hall–Kier alpha value is -0.580. The molecule has 1 aromatic rings. The van der Waals surface area contributed by atoms with Gasteiger partial charge in [-0.25, -0.2) is 0 Å². The van der Waals surface area contributed by atoms with Crippen molar-refractivity contribution in [2.24, 2.45) is 5.73 Å². The van der Waals surface area contributed by atoms with Crippen LogP contribution in [0.15, 0.2) is 22.7 Å². The third-order valence-electron chi connectivity index (χ3n) is 2.24. The monoisotopic (exact) mass is 273 g/mol. The molecule has 0 aliphatic carbocycles. The molecule has 0 bridgehead atoms. The van der Waals surface area contributed by atoms with Crippen molar-refractivity contribution in [2.75, 3.05) is 13.7 Å². The summed E-state index contributed by atoms with van der Waals surface area (Å²) in [5.74, 6) is 0.783. The predicted octanol–water partition coefficient (Wildman–Crippen LogP) is 1.71. The predicted molar refractivity (Wildman–Crippen MR) is 64.1 cm³/mol. The second-order valence-corrected chi connectivity index (χ2v) is 4.70. The minimum absolute atomic E-state index is 0.247. The van der Waals surface area contributed by atoms with Gasteiger partial charge in [0, 0.05) is 13.0 Å². The first-order valence-corrected chi connectivity index (χ1v) is 5.52. The van der Waals surface area contributed by atoms with Crippen LogP contribution in [0.5, 0.6) is 5.75 Å². The lowest BCUT2D eigenvalue weighted by Crippen LogP contribution is -2.36. The van der Waals surface area contributed by atoms with Crippen molar-refractivity contribution in [1.82, 2.24) is 0 Å². The Balaban J connectivity index is 2.84. The average Bonchev–Trinajstić information content (AvgIpc) is 2.17. The number of nitrogens with two attached hydrogens (primary N) is 1. The van der Waals surface area contributed by atoms with Crippen LogP contribution in [-0.4, -0.2) is 24.4 Å². The molecule has 0 fully saturated rings. The van der Waals surface area contributed by atoms with Gasteiger partial charge < -0.3 is 15.6 Å². The molecule has 0 amide bonds. The van der Waals surface area contributed by atoms with Crippen LogP contribution in [0, 0.1) is 0 Å². The number of aliphatic hydroxyl groups is 1. The minimum atomic E-state index is -0.853. The van der Waals surface area contributed by atoms with Gasteiger partial charge in [0.15, 0.2) is 0 Å². The maximum atomic E-state index is 9.82. The van der Waals surface area contributed by atoms with Gasteiger partial charge in [0.2, 0.25) is 0 Å². The molecule has 0 heterocycles. The highest BCUT2D eigenvalue weighted by Crippen LogP contribution is 2.26. The third kappa shape index (κ3) is 3.48. The highest BCUT2D eigenvalue weighted by atomic mass is 79.9. The molecule has 84 valence electrons. The molecule has 1 aromatic carbocycles. The first-order chi connectivity index (χ1) is 6.98. The Morgan fingerprint density at radius 3 is 2.67 bits per heavy atom. The zero-order valence-corrected chi connectivity index (χ0v) is 10.5. The van der Waals surface area contributed by atoms with E-state index in [9.17, 15) is 5.11 Å². The van der Waals surface area contributed by atoms with E-state index in [1.54, 1.807) is 14.0 Å². The molecular weight excluding hydrogens is 258 g/mol. The van der Waals surface area contributed by atoms with Crippen LogP contribution >= 0.6 is 15.9 Å². The summed E-state index contributed by atoms with van der Waals surface area (Å²) in [6.07, 6.45) is 0.534. The van der Waals surface area contributed by atoms with Crippen LogP contribution in [0.3, 0.4) is 0 Å². The molecule has 3 nitrogen and oxygen atoms in total. The number of halogens is 1. The van der Waals surface area contributed by atoms with E-state index in [0.29, 0.717) is 6.42 Å². The Labute approximate surface area is 98.4 Å². The van der Waals surface area contributed by atoms with Crippen LogP contribution < -0.4 is 10.5 Å². The van der Waals surface area contributed by atoms with Gasteiger partial charge in [-0.2, -0.15) is 0 Å². The van der Waals surface area contributed by atoms with E-state index in [-0.39, 0.29) is 6.54 Å². The fraction of sp³-hybridized carbons (Fsp3) is 0.455. The molecule has 0 aliphatic heterocycles. The van der Waals surface area contributed by atoms with Crippen molar-refractivity contribution < 1.29 is 9.84 Å². The molecular formula is C11H16BrNO2. The lowest BCUT2D eigenvalue weighted by Gasteiger charge is -2.21. The van der Waals surface area contributed by atoms with Crippen molar-refractivity contribution in [3.8, 4) is 5.75 Å². The van der Waals surface area contributed by atoms with Crippen LogP contribution in [-0.2, 0) is 6.42 Å². The largest absolute Gasteiger partial charge is 0.496 e. The van der Waals surface area contributed by atoms with E-state index < -0.39 is 5.60 Å². The molecule has 0 radical (unpaired) electrons. The Morgan fingerprint density at radius 1 is 1.53 bits per heavy atom. The van der Waals surface area contributed by atoms with Gasteiger partial charge in [0.05, 0.1) is 17.2 Å². The first-order valence-electron chi connectivity index (χ1n) is 4.73. The lowest BCUT2D eigenvalue weighted by atomic mass is 9.97. The van der Waals surface area contributed by atoms with E-state index in [1.165, 1.54) is 0 Å². The molecule has 1 atom stereocenters. The van der Waals surface area contributed by atoms with Gasteiger partial charge in [0.25, 0.3) is 0 Å². The van der Waals surface area contributed by atoms with Crippen LogP contribution in [0.2, 0.25) is 0 Å². The molecule has 0 aliphatic rings. The number of hydrogen-bond acceptors (Lipinski definition) is 3. The summed E-state index contributed by atoms with van der Waals surface area (Å²) in [6, 6.07) is 5.72. The fourth-order valence-corrected chi connectivity index (χ4v) is 1.92. The Kier molecular flexibility index (Phi) is 4.13. The zero-order valence-electron chi connectivity index (χ0n) is 8.96. The molecule has 4 heteroatoms. The SMILES string of the molecule is COc1ccc(CC(C)(O)CN)cc1Br. The van der Waals surface area contributed by atoms with Gasteiger partial charge >= 0.3 is 0 Å². The summed E-state index contributed by atoms with van der Waals surface area (Å²) in [5.41, 5.74) is 5.63. The summed E-state index contributed by atoms with van der Waals surface area (Å²) < 4.78 is 6.01. The maximum absolute atomic E-state index is 9.82. The van der Waals surface area contributed by atoms with Crippen molar-refractivity contribution in [2.45, 2.75) is 18.9 Å². The fourth-order valence-electron chi connectivity index (χ4n) is 1.33. The first kappa shape index (κ1) is 12.5. The molecule has 0 spiro atoms. The Morgan fingerprint density at radius 2 is 2.20 bits per heavy atom. The number of ether oxygens (including phenoxy) is 1. The third-order valence-corrected chi connectivity index (χ3v) is 2.86. The number of methoxy groups -OCH3 is 1. The van der Waals surface area contributed by atoms with E-state index in [1.807, 2.05) is 18.2 Å². The van der Waals surface area contributed by atoms with Gasteiger partial charge in [-0.05, 0) is 40.5 Å². The van der Waals surface area contributed by atoms with Gasteiger partial charge in [-0.15, -0.1) is 0 Å². The standard InChI is InChI=1S/C11H16BrNO2/c1-11(14,7-13)6-8-3-4-10(15-2)9(12)5-8/h3-5,14H,6-7,13H2,1-2H3. The summed E-state index contributed by atoms with van der Waals surface area (Å²) >= 11 is 3.40. The second kappa shape index (κ2) is 4.96. The quantitative estimate of drug-likeness (QED) is 0.878. The molecule has 0 saturated heterocycles. The van der Waals surface area contributed by atoms with Crippen LogP contribution in [0.25, 0.3) is 0 Å². The van der Waals surface area contributed by atoms with E-state index >= 15 is 0 Å². The highest BCUT2D eigenvalue weighted by Gasteiger charge is 2.18. The molecule has 1 rings (SSSR count). The molecule has 0 aromatic heterocycles. The smallest absolute Gasteiger partial charge is 0.133 e. The minimum Gasteiger partial charge on any atom is -0.496 e. The average molecular weight is 274 g/mol. The second-order valence-electron chi connectivity index (χ2n) is 3.85. The van der Waals surface area contributed by atoms with Gasteiger partial charge in [0.1, 0.15) is 5.75 Å². The van der Waals surface area contributed by atoms with Crippen molar-refractivity contribution in [3.63, 3.8) is 0 Å². The summed E-state index contributed by atoms with van der Waals surface area (Å²) in [6.45, 7) is 1.97. The van der Waals surface area contributed by atoms with E-state index in [4.69, 9.17) is 10.5 Å². The highest BCUT2D eigenvalue weighted by molar-refractivity contribution is 9.10. The van der Waals surface area contributed by atoms with Crippen LogP contribution in [0.1, 0.15) is 12.5 Å². The van der Waals surface area contributed by atoms with Crippen molar-refractivity contribution >= 4 is 15.9 Å². The van der Waals surface area contributed by atoms with Crippen LogP contribution in [0.4, 0.5) is 0 Å². The topological polar surface area (TPSA) is 55.5 Å². The molecule has 15 heavy (non-hydrogen) atoms. The number of benzene rings is 1. The van der Waals surface area contributed by atoms with Crippen molar-refractivity contribution in [3.05, 3.63) is 28.2 Å². The van der Waals surface area contributed by atoms with E-state index in [2.05, 4.69) is 15.9 Å². The normalized spacial score (nSPS) is 14.7. The number of hydrogen-bond donors (Lipinski definition) is 2. The molecule has 3 N–H and O–H groups in total. The molecule has 0 saturated carbocycles. The maximum Gasteiger partial charge on any atom is 0.133 e. The molecule has 1 unspecified atom stereocenters. The lowest BCUT2D eigenvalue weighted by molar-refractivity contribution is 0.0696. The summed E-state index contributed by atoms with van der Waals surface area (Å²) in [5, 5.41) is 9.82. The van der Waals surface area contributed by atoms with E-state index in [0.717, 1.165) is 15.8 Å². The van der Waals surface area contributed by atoms with Crippen molar-refractivity contribution in [1.29, 1.82) is 0 Å². The summed E-state index contributed by atoms with van der Waals surface area (Å²) in [4.78, 5) is 0. The van der Waals surface area contributed by atoms with Gasteiger partial charge in [-0.1, -0.05) is 6.07 Å². The summed E-state index contributed by atoms with van der Waals surface area (Å²) in [7, 11) is 1.62. The zero-order chi connectivity index (χ0) is 11.5. The Bertz CT molecular complexity index is 339.